The first-order valence-corrected chi connectivity index (χ1v) is 2.57. The molecule has 0 bridgehead atoms. The molecule has 0 atom stereocenters. The molecule has 0 amide bonds. The predicted molar refractivity (Wildman–Crippen MR) is 35.1 cm³/mol. The lowest BCUT2D eigenvalue weighted by molar-refractivity contribution is 2.55. The van der Waals surface area contributed by atoms with Crippen molar-refractivity contribution in [2.45, 2.75) is 0 Å². The molecular formula is C2H4S3. The van der Waals surface area contributed by atoms with E-state index in [2.05, 4.69) is 37.1 Å². The average Bonchev–Trinajstić information content (AvgIpc) is 1.46. The highest BCUT2D eigenvalue weighted by Crippen LogP contribution is 1.31. The van der Waals surface area contributed by atoms with E-state index in [1.165, 1.54) is 0 Å². The summed E-state index contributed by atoms with van der Waals surface area (Å²) >= 11 is 11.4. The van der Waals surface area contributed by atoms with E-state index in [-0.39, 0.29) is 0 Å². The molecule has 0 unspecified atom stereocenters. The summed E-state index contributed by atoms with van der Waals surface area (Å²) in [6.45, 7) is 0. The molecule has 0 aliphatic rings. The van der Waals surface area contributed by atoms with E-state index in [1.807, 2.05) is 4.31 Å². The lowest BCUT2D eigenvalue weighted by Gasteiger charge is -1.11. The Labute approximate surface area is 48.0 Å². The Hall–Kier alpha value is 0.570. The summed E-state index contributed by atoms with van der Waals surface area (Å²) in [4.78, 5) is 0. The van der Waals surface area contributed by atoms with Crippen LogP contribution in [0, 0.1) is 0 Å². The van der Waals surface area contributed by atoms with Crippen LogP contribution in [0.1, 0.15) is 0 Å². The number of hydrogen-bond acceptors (Lipinski definition) is 3. The van der Waals surface area contributed by atoms with Gasteiger partial charge in [0.15, 0.2) is 0 Å². The van der Waals surface area contributed by atoms with Gasteiger partial charge in [-0.3, -0.25) is 0 Å². The third kappa shape index (κ3) is 92.9. The zero-order chi connectivity index (χ0) is 4.71. The molecule has 0 aromatic heterocycles. The number of hydrogen-bond donors (Lipinski definition) is 1. The summed E-state index contributed by atoms with van der Waals surface area (Å²) in [5.74, 6) is 0. The fraction of sp³-hybridized carbons (Fsp3) is 0.500. The molecule has 0 nitrogen and oxygen atoms in total. The molecule has 0 saturated heterocycles. The molecule has 0 heterocycles. The molecule has 0 N–H and O–H groups in total. The highest BCUT2D eigenvalue weighted by atomic mass is 32.1. The maximum atomic E-state index is 3.96. The van der Waals surface area contributed by atoms with Crippen LogP contribution in [-0.2, 0) is 0 Å². The fourth-order valence-electron chi connectivity index (χ4n) is 0. The van der Waals surface area contributed by atoms with E-state index in [4.69, 9.17) is 0 Å². The van der Waals surface area contributed by atoms with E-state index in [9.17, 15) is 0 Å². The van der Waals surface area contributed by atoms with Gasteiger partial charge in [0.25, 0.3) is 0 Å². The van der Waals surface area contributed by atoms with Crippen molar-refractivity contribution in [3.8, 4) is 0 Å². The zero-order valence-corrected chi connectivity index (χ0v) is 5.29. The van der Waals surface area contributed by atoms with Gasteiger partial charge >= 0.3 is 0 Å². The molecular weight excluding hydrogens is 120 g/mol. The first-order chi connectivity index (χ1) is 2.41. The maximum absolute atomic E-state index is 3.96. The van der Waals surface area contributed by atoms with Crippen LogP contribution in [0.25, 0.3) is 0 Å². The normalized spacial score (nSPS) is 2.80. The van der Waals surface area contributed by atoms with Crippen molar-refractivity contribution >= 4 is 41.4 Å². The lowest BCUT2D eigenvalue weighted by Crippen LogP contribution is -0.917. The summed E-state index contributed by atoms with van der Waals surface area (Å²) in [6.07, 6.45) is 1.69. The maximum Gasteiger partial charge on any atom is 0.0297 e. The molecule has 3 heteroatoms. The van der Waals surface area contributed by atoms with Crippen LogP contribution < -0.4 is 0 Å². The standard InChI is InChI=1S/CS2.CH4S/c2-1-3;1-2/h;2H,1H3. The van der Waals surface area contributed by atoms with Crippen molar-refractivity contribution < 1.29 is 0 Å². The van der Waals surface area contributed by atoms with Crippen LogP contribution in [0.15, 0.2) is 0 Å². The van der Waals surface area contributed by atoms with Crippen LogP contribution in [0.3, 0.4) is 0 Å². The van der Waals surface area contributed by atoms with Crippen LogP contribution in [0.2, 0.25) is 0 Å². The zero-order valence-electron chi connectivity index (χ0n) is 2.76. The predicted octanol–water partition coefficient (Wildman–Crippen LogP) is 1.56. The minimum Gasteiger partial charge on any atom is -0.183 e. The highest BCUT2D eigenvalue weighted by Gasteiger charge is 1.01. The van der Waals surface area contributed by atoms with Crippen molar-refractivity contribution in [3.63, 3.8) is 0 Å². The third-order valence-corrected chi connectivity index (χ3v) is 0. The van der Waals surface area contributed by atoms with Crippen molar-refractivity contribution in [1.29, 1.82) is 0 Å². The molecule has 0 aromatic rings. The second-order valence-corrected chi connectivity index (χ2v) is 0.750. The van der Waals surface area contributed by atoms with Gasteiger partial charge < -0.3 is 0 Å². The molecule has 0 aliphatic carbocycles. The Morgan fingerprint density at radius 3 is 1.40 bits per heavy atom. The first kappa shape index (κ1) is 9.13. The van der Waals surface area contributed by atoms with E-state index >= 15 is 0 Å². The average molecular weight is 124 g/mol. The lowest BCUT2D eigenvalue weighted by atomic mass is 12.0. The van der Waals surface area contributed by atoms with Crippen molar-refractivity contribution in [1.82, 2.24) is 0 Å². The summed E-state index contributed by atoms with van der Waals surface area (Å²) in [5.41, 5.74) is 0. The van der Waals surface area contributed by atoms with Gasteiger partial charge in [-0.25, -0.2) is 0 Å². The largest absolute Gasteiger partial charge is 0.183 e. The number of thiol groups is 1. The van der Waals surface area contributed by atoms with Crippen molar-refractivity contribution in [3.05, 3.63) is 0 Å². The second kappa shape index (κ2) is 23.6. The minimum absolute atomic E-state index is 1.69. The smallest absolute Gasteiger partial charge is 0.0297 e. The quantitative estimate of drug-likeness (QED) is 0.384. The van der Waals surface area contributed by atoms with Gasteiger partial charge in [-0.05, 0) is 30.7 Å². The van der Waals surface area contributed by atoms with E-state index in [1.54, 1.807) is 6.26 Å². The fourth-order valence-corrected chi connectivity index (χ4v) is 0. The topological polar surface area (TPSA) is 0 Å². The molecule has 0 aliphatic heterocycles. The van der Waals surface area contributed by atoms with Gasteiger partial charge in [0.05, 0.1) is 0 Å². The third-order valence-electron chi connectivity index (χ3n) is 0. The molecule has 0 rings (SSSR count). The number of rotatable bonds is 0. The minimum atomic E-state index is 1.69. The monoisotopic (exact) mass is 124 g/mol. The molecule has 0 aromatic carbocycles. The summed E-state index contributed by atoms with van der Waals surface area (Å²) in [7, 11) is 0. The van der Waals surface area contributed by atoms with E-state index in [0.717, 1.165) is 0 Å². The number of thiocarbonyl (C=S) groups is 2. The first-order valence-electron chi connectivity index (χ1n) is 0.855. The van der Waals surface area contributed by atoms with Gasteiger partial charge in [-0.1, -0.05) is 0 Å². The molecule has 0 saturated carbocycles. The van der Waals surface area contributed by atoms with Crippen LogP contribution >= 0.6 is 37.1 Å². The van der Waals surface area contributed by atoms with Crippen molar-refractivity contribution in [2.24, 2.45) is 0 Å². The van der Waals surface area contributed by atoms with Crippen LogP contribution in [-0.4, -0.2) is 10.6 Å². The molecule has 0 spiro atoms. The molecule has 0 fully saturated rings. The van der Waals surface area contributed by atoms with E-state index in [0.29, 0.717) is 0 Å². The van der Waals surface area contributed by atoms with Gasteiger partial charge in [-0.2, -0.15) is 12.6 Å². The Kier molecular flexibility index (Phi) is 43.1. The Balaban J connectivity index is 0. The van der Waals surface area contributed by atoms with Gasteiger partial charge in [0.1, 0.15) is 0 Å². The summed E-state index contributed by atoms with van der Waals surface area (Å²) in [6, 6.07) is 0. The summed E-state index contributed by atoms with van der Waals surface area (Å²) in [5, 5.41) is 0. The van der Waals surface area contributed by atoms with Gasteiger partial charge in [-0.15, -0.1) is 0 Å². The van der Waals surface area contributed by atoms with Crippen LogP contribution in [0.5, 0.6) is 0 Å². The Morgan fingerprint density at radius 2 is 1.40 bits per heavy atom. The Bertz CT molecular complexity index is 25.9. The van der Waals surface area contributed by atoms with E-state index < -0.39 is 0 Å². The van der Waals surface area contributed by atoms with Gasteiger partial charge in [0, 0.05) is 4.31 Å². The Morgan fingerprint density at radius 1 is 1.40 bits per heavy atom. The molecule has 30 valence electrons. The molecule has 0 radical (unpaired) electrons. The molecule has 5 heavy (non-hydrogen) atoms. The SMILES string of the molecule is CS.S=C=S. The highest BCUT2D eigenvalue weighted by molar-refractivity contribution is 7.93. The second-order valence-electron chi connectivity index (χ2n) is 0.0833. The van der Waals surface area contributed by atoms with Crippen LogP contribution in [0.4, 0.5) is 0 Å². The van der Waals surface area contributed by atoms with Crippen molar-refractivity contribution in [2.75, 3.05) is 6.26 Å². The summed E-state index contributed by atoms with van der Waals surface area (Å²) < 4.78 is 1.92. The van der Waals surface area contributed by atoms with Gasteiger partial charge in [0.2, 0.25) is 0 Å².